The van der Waals surface area contributed by atoms with Gasteiger partial charge in [-0.3, -0.25) is 0 Å². The van der Waals surface area contributed by atoms with E-state index < -0.39 is 0 Å². The van der Waals surface area contributed by atoms with Gasteiger partial charge in [-0.05, 0) is 66.1 Å². The van der Waals surface area contributed by atoms with E-state index in [2.05, 4.69) is 34.6 Å². The van der Waals surface area contributed by atoms with E-state index in [1.165, 1.54) is 29.5 Å². The summed E-state index contributed by atoms with van der Waals surface area (Å²) in [5.41, 5.74) is 3.97. The van der Waals surface area contributed by atoms with Crippen LogP contribution in [0.3, 0.4) is 0 Å². The van der Waals surface area contributed by atoms with Gasteiger partial charge in [-0.15, -0.1) is 0 Å². The molecule has 0 saturated heterocycles. The first-order valence-corrected chi connectivity index (χ1v) is 8.14. The molecule has 4 heteroatoms. The van der Waals surface area contributed by atoms with Gasteiger partial charge in [-0.1, -0.05) is 6.07 Å². The van der Waals surface area contributed by atoms with E-state index in [-0.39, 0.29) is 0 Å². The van der Waals surface area contributed by atoms with Crippen LogP contribution in [0.15, 0.2) is 36.5 Å². The molecule has 1 aliphatic rings. The minimum absolute atomic E-state index is 0.721. The molecule has 1 heterocycles. The molecule has 1 aromatic heterocycles. The number of benzene rings is 1. The van der Waals surface area contributed by atoms with E-state index in [1.807, 2.05) is 12.3 Å². The van der Waals surface area contributed by atoms with Crippen LogP contribution < -0.4 is 10.1 Å². The molecule has 1 saturated carbocycles. The molecule has 1 aromatic carbocycles. The van der Waals surface area contributed by atoms with Gasteiger partial charge >= 0.3 is 0 Å². The van der Waals surface area contributed by atoms with Crippen molar-refractivity contribution in [2.75, 3.05) is 26.1 Å². The third kappa shape index (κ3) is 4.23. The Kier molecular flexibility index (Phi) is 5.13. The van der Waals surface area contributed by atoms with Crippen LogP contribution in [0.4, 0.5) is 5.82 Å². The van der Waals surface area contributed by atoms with Gasteiger partial charge in [-0.25, -0.2) is 4.98 Å². The monoisotopic (exact) mass is 312 g/mol. The molecule has 1 fully saturated rings. The Morgan fingerprint density at radius 2 is 2.04 bits per heavy atom. The lowest BCUT2D eigenvalue weighted by atomic mass is 10.0. The first-order valence-electron chi connectivity index (χ1n) is 8.14. The van der Waals surface area contributed by atoms with E-state index >= 15 is 0 Å². The van der Waals surface area contributed by atoms with Gasteiger partial charge in [0.25, 0.3) is 0 Å². The Bertz CT molecular complexity index is 654. The molecular formula is C19H24N2O2. The molecule has 0 amide bonds. The van der Waals surface area contributed by atoms with Gasteiger partial charge < -0.3 is 14.8 Å². The van der Waals surface area contributed by atoms with Crippen molar-refractivity contribution in [1.29, 1.82) is 0 Å². The molecule has 0 aliphatic heterocycles. The van der Waals surface area contributed by atoms with Crippen molar-refractivity contribution >= 4 is 5.82 Å². The van der Waals surface area contributed by atoms with E-state index in [0.717, 1.165) is 37.1 Å². The highest BCUT2D eigenvalue weighted by molar-refractivity contribution is 5.44. The fourth-order valence-corrected chi connectivity index (χ4v) is 2.79. The summed E-state index contributed by atoms with van der Waals surface area (Å²) < 4.78 is 10.5. The average Bonchev–Trinajstić information content (AvgIpc) is 3.43. The van der Waals surface area contributed by atoms with Crippen LogP contribution in [-0.4, -0.2) is 25.8 Å². The number of nitrogens with zero attached hydrogens (tertiary/aromatic N) is 1. The van der Waals surface area contributed by atoms with Gasteiger partial charge in [0.1, 0.15) is 11.6 Å². The molecule has 3 rings (SSSR count). The van der Waals surface area contributed by atoms with Crippen LogP contribution in [0.1, 0.15) is 35.4 Å². The second-order valence-corrected chi connectivity index (χ2v) is 5.98. The zero-order valence-electron chi connectivity index (χ0n) is 13.8. The van der Waals surface area contributed by atoms with E-state index in [4.69, 9.17) is 9.47 Å². The first-order chi connectivity index (χ1) is 11.3. The normalized spacial score (nSPS) is 13.8. The van der Waals surface area contributed by atoms with E-state index in [0.29, 0.717) is 0 Å². The number of pyridine rings is 1. The molecule has 2 aromatic rings. The van der Waals surface area contributed by atoms with Crippen LogP contribution in [0.25, 0.3) is 0 Å². The molecule has 0 atom stereocenters. The third-order valence-electron chi connectivity index (χ3n) is 4.25. The Labute approximate surface area is 137 Å². The zero-order valence-corrected chi connectivity index (χ0v) is 13.8. The van der Waals surface area contributed by atoms with Gasteiger partial charge in [0.2, 0.25) is 0 Å². The van der Waals surface area contributed by atoms with Crippen LogP contribution in [-0.2, 0) is 17.7 Å². The highest BCUT2D eigenvalue weighted by atomic mass is 16.5. The fraction of sp³-hybridized carbons (Fsp3) is 0.421. The average molecular weight is 312 g/mol. The number of rotatable bonds is 8. The predicted octanol–water partition coefficient (Wildman–Crippen LogP) is 3.77. The topological polar surface area (TPSA) is 43.4 Å². The van der Waals surface area contributed by atoms with Crippen LogP contribution in [0, 0.1) is 0 Å². The fourth-order valence-electron chi connectivity index (χ4n) is 2.79. The van der Waals surface area contributed by atoms with Crippen LogP contribution in [0.5, 0.6) is 5.75 Å². The van der Waals surface area contributed by atoms with Crippen molar-refractivity contribution in [3.05, 3.63) is 53.2 Å². The minimum atomic E-state index is 0.721. The summed E-state index contributed by atoms with van der Waals surface area (Å²) in [7, 11) is 3.44. The molecule has 1 aliphatic carbocycles. The second kappa shape index (κ2) is 7.47. The summed E-state index contributed by atoms with van der Waals surface area (Å²) in [6, 6.07) is 10.5. The smallest absolute Gasteiger partial charge is 0.126 e. The first kappa shape index (κ1) is 15.8. The van der Waals surface area contributed by atoms with E-state index in [9.17, 15) is 0 Å². The standard InChI is InChI=1S/C19H24N2O2/c1-22-10-8-14-7-9-20-19(11-14)21-13-16-12-17(23-2)5-6-18(16)15-3-4-15/h5-7,9,11-12,15H,3-4,8,10,13H2,1-2H3,(H,20,21). The molecule has 122 valence electrons. The molecule has 0 spiro atoms. The third-order valence-corrected chi connectivity index (χ3v) is 4.25. The lowest BCUT2D eigenvalue weighted by molar-refractivity contribution is 0.202. The minimum Gasteiger partial charge on any atom is -0.497 e. The molecule has 1 N–H and O–H groups in total. The Morgan fingerprint density at radius 1 is 1.17 bits per heavy atom. The summed E-state index contributed by atoms with van der Waals surface area (Å²) in [4.78, 5) is 4.41. The number of methoxy groups -OCH3 is 2. The summed E-state index contributed by atoms with van der Waals surface area (Å²) in [6.45, 7) is 1.49. The Balaban J connectivity index is 1.70. The maximum Gasteiger partial charge on any atom is 0.126 e. The molecular weight excluding hydrogens is 288 g/mol. The van der Waals surface area contributed by atoms with E-state index in [1.54, 1.807) is 14.2 Å². The predicted molar refractivity (Wildman–Crippen MR) is 92.1 cm³/mol. The number of ether oxygens (including phenoxy) is 2. The van der Waals surface area contributed by atoms with Gasteiger partial charge in [0, 0.05) is 19.9 Å². The van der Waals surface area contributed by atoms with Gasteiger partial charge in [0.05, 0.1) is 13.7 Å². The highest BCUT2D eigenvalue weighted by Crippen LogP contribution is 2.42. The number of hydrogen-bond donors (Lipinski definition) is 1. The number of nitrogens with one attached hydrogen (secondary N) is 1. The largest absolute Gasteiger partial charge is 0.497 e. The lowest BCUT2D eigenvalue weighted by Gasteiger charge is -2.13. The SMILES string of the molecule is COCCc1ccnc(NCc2cc(OC)ccc2C2CC2)c1. The van der Waals surface area contributed by atoms with Crippen molar-refractivity contribution in [3.63, 3.8) is 0 Å². The summed E-state index contributed by atoms with van der Waals surface area (Å²) in [5.74, 6) is 2.54. The maximum absolute atomic E-state index is 5.37. The molecule has 0 radical (unpaired) electrons. The maximum atomic E-state index is 5.37. The molecule has 4 nitrogen and oxygen atoms in total. The van der Waals surface area contributed by atoms with Crippen molar-refractivity contribution in [2.45, 2.75) is 31.7 Å². The molecule has 0 unspecified atom stereocenters. The van der Waals surface area contributed by atoms with Crippen LogP contribution in [0.2, 0.25) is 0 Å². The summed E-state index contributed by atoms with van der Waals surface area (Å²) in [6.07, 6.45) is 5.34. The quantitative estimate of drug-likeness (QED) is 0.806. The zero-order chi connectivity index (χ0) is 16.1. The summed E-state index contributed by atoms with van der Waals surface area (Å²) >= 11 is 0. The number of hydrogen-bond acceptors (Lipinski definition) is 4. The van der Waals surface area contributed by atoms with Crippen molar-refractivity contribution < 1.29 is 9.47 Å². The highest BCUT2D eigenvalue weighted by Gasteiger charge is 2.26. The van der Waals surface area contributed by atoms with Gasteiger partial charge in [-0.2, -0.15) is 0 Å². The number of aromatic nitrogens is 1. The molecule has 0 bridgehead atoms. The number of anilines is 1. The lowest BCUT2D eigenvalue weighted by Crippen LogP contribution is -2.05. The Morgan fingerprint density at radius 3 is 2.78 bits per heavy atom. The van der Waals surface area contributed by atoms with Crippen molar-refractivity contribution in [2.24, 2.45) is 0 Å². The van der Waals surface area contributed by atoms with Crippen LogP contribution >= 0.6 is 0 Å². The summed E-state index contributed by atoms with van der Waals surface area (Å²) in [5, 5.41) is 3.44. The van der Waals surface area contributed by atoms with Crippen molar-refractivity contribution in [1.82, 2.24) is 4.98 Å². The molecule has 23 heavy (non-hydrogen) atoms. The van der Waals surface area contributed by atoms with Crippen molar-refractivity contribution in [3.8, 4) is 5.75 Å². The second-order valence-electron chi connectivity index (χ2n) is 5.98. The van der Waals surface area contributed by atoms with Gasteiger partial charge in [0.15, 0.2) is 0 Å². The Hall–Kier alpha value is -2.07.